The fourth-order valence-electron chi connectivity index (χ4n) is 3.89. The van der Waals surface area contributed by atoms with Crippen molar-refractivity contribution in [1.82, 2.24) is 20.3 Å². The minimum absolute atomic E-state index is 0.0395. The van der Waals surface area contributed by atoms with Crippen LogP contribution in [0.4, 0.5) is 0 Å². The molecule has 1 N–H and O–H groups in total. The fourth-order valence-corrected chi connectivity index (χ4v) is 4.51. The van der Waals surface area contributed by atoms with Crippen molar-refractivity contribution in [3.8, 4) is 22.5 Å². The molecule has 0 atom stereocenters. The Bertz CT molecular complexity index is 1070. The van der Waals surface area contributed by atoms with E-state index < -0.39 is 0 Å². The maximum Gasteiger partial charge on any atom is 0.243 e. The predicted molar refractivity (Wildman–Crippen MR) is 125 cm³/mol. The summed E-state index contributed by atoms with van der Waals surface area (Å²) in [6.45, 7) is 2.30. The zero-order valence-corrected chi connectivity index (χ0v) is 19.4. The molecule has 0 bridgehead atoms. The summed E-state index contributed by atoms with van der Waals surface area (Å²) in [5.74, 6) is 0.639. The monoisotopic (exact) mass is 476 g/mol. The quantitative estimate of drug-likeness (QED) is 0.471. The molecule has 1 saturated carbocycles. The highest BCUT2D eigenvalue weighted by atomic mass is 35.5. The Balaban J connectivity index is 1.61. The minimum atomic E-state index is -0.0917. The number of hydrogen-bond acceptors (Lipinski definition) is 3. The third-order valence-electron chi connectivity index (χ3n) is 5.63. The Morgan fingerprint density at radius 3 is 2.29 bits per heavy atom. The third-order valence-corrected chi connectivity index (χ3v) is 6.42. The van der Waals surface area contributed by atoms with Crippen molar-refractivity contribution in [2.24, 2.45) is 5.92 Å². The van der Waals surface area contributed by atoms with E-state index in [1.54, 1.807) is 24.3 Å². The smallest absolute Gasteiger partial charge is 0.243 e. The van der Waals surface area contributed by atoms with E-state index in [0.29, 0.717) is 32.0 Å². The lowest BCUT2D eigenvalue weighted by Gasteiger charge is -2.26. The summed E-state index contributed by atoms with van der Waals surface area (Å²) >= 11 is 18.5. The molecule has 31 heavy (non-hydrogen) atoms. The van der Waals surface area contributed by atoms with Gasteiger partial charge in [-0.3, -0.25) is 4.79 Å². The number of benzene rings is 2. The highest BCUT2D eigenvalue weighted by Crippen LogP contribution is 2.35. The minimum Gasteiger partial charge on any atom is -0.352 e. The van der Waals surface area contributed by atoms with Crippen LogP contribution in [0.15, 0.2) is 42.5 Å². The highest BCUT2D eigenvalue weighted by molar-refractivity contribution is 6.36. The number of nitrogens with one attached hydrogen (secondary N) is 1. The first-order valence-corrected chi connectivity index (χ1v) is 11.5. The zero-order valence-electron chi connectivity index (χ0n) is 17.1. The number of rotatable bonds is 5. The molecule has 1 heterocycles. The summed E-state index contributed by atoms with van der Waals surface area (Å²) in [4.78, 5) is 14.1. The van der Waals surface area contributed by atoms with Crippen LogP contribution in [-0.4, -0.2) is 26.9 Å². The Labute approximate surface area is 196 Å². The van der Waals surface area contributed by atoms with Crippen molar-refractivity contribution in [3.63, 3.8) is 0 Å². The maximum atomic E-state index is 12.6. The molecule has 0 aliphatic heterocycles. The van der Waals surface area contributed by atoms with Gasteiger partial charge in [-0.15, -0.1) is 0 Å². The molecule has 1 aliphatic rings. The molecule has 1 aliphatic carbocycles. The summed E-state index contributed by atoms with van der Waals surface area (Å²) in [5.41, 5.74) is 2.74. The van der Waals surface area contributed by atoms with Crippen LogP contribution in [0.5, 0.6) is 0 Å². The number of carbonyl (C=O) groups excluding carboxylic acids is 1. The van der Waals surface area contributed by atoms with Gasteiger partial charge in [-0.05, 0) is 61.9 Å². The van der Waals surface area contributed by atoms with Crippen LogP contribution < -0.4 is 5.32 Å². The van der Waals surface area contributed by atoms with Gasteiger partial charge in [0.1, 0.15) is 17.9 Å². The van der Waals surface area contributed by atoms with E-state index in [4.69, 9.17) is 34.8 Å². The molecule has 0 radical (unpaired) electrons. The number of nitrogens with zero attached hydrogens (tertiary/aromatic N) is 3. The van der Waals surface area contributed by atoms with E-state index in [9.17, 15) is 4.79 Å². The average Bonchev–Trinajstić information content (AvgIpc) is 3.13. The second-order valence-electron chi connectivity index (χ2n) is 8.08. The normalized spacial score (nSPS) is 18.7. The fraction of sp³-hybridized carbons (Fsp3) is 0.348. The zero-order chi connectivity index (χ0) is 22.0. The van der Waals surface area contributed by atoms with Gasteiger partial charge in [-0.2, -0.15) is 15.0 Å². The summed E-state index contributed by atoms with van der Waals surface area (Å²) < 4.78 is 0. The van der Waals surface area contributed by atoms with Crippen molar-refractivity contribution in [1.29, 1.82) is 0 Å². The van der Waals surface area contributed by atoms with Gasteiger partial charge in [0.05, 0.1) is 5.02 Å². The number of carbonyl (C=O) groups is 1. The Hall–Kier alpha value is -2.08. The highest BCUT2D eigenvalue weighted by Gasteiger charge is 2.22. The van der Waals surface area contributed by atoms with Crippen LogP contribution in [0.1, 0.15) is 32.6 Å². The third kappa shape index (κ3) is 5.40. The van der Waals surface area contributed by atoms with Crippen molar-refractivity contribution >= 4 is 40.7 Å². The Morgan fingerprint density at radius 2 is 1.61 bits per heavy atom. The van der Waals surface area contributed by atoms with Crippen molar-refractivity contribution in [2.75, 3.05) is 0 Å². The summed E-state index contributed by atoms with van der Waals surface area (Å²) in [6.07, 6.45) is 4.32. The first-order chi connectivity index (χ1) is 14.9. The topological polar surface area (TPSA) is 59.8 Å². The molecule has 0 saturated heterocycles. The standard InChI is InChI=1S/C23H23Cl3N4O/c1-14-2-9-18(10-3-14)27-21(31)13-30-28-22(15-4-6-16(24)7-5-15)23(29-30)19-11-8-17(25)12-20(19)26/h4-8,11-12,14,18H,2-3,9-10,13H2,1H3,(H,27,31). The first kappa shape index (κ1) is 22.1. The largest absolute Gasteiger partial charge is 0.352 e. The number of hydrogen-bond donors (Lipinski definition) is 1. The molecule has 0 spiro atoms. The van der Waals surface area contributed by atoms with Gasteiger partial charge in [-0.1, -0.05) is 53.9 Å². The molecule has 0 unspecified atom stereocenters. The number of halogens is 3. The van der Waals surface area contributed by atoms with Gasteiger partial charge in [0.25, 0.3) is 0 Å². The molecule has 1 amide bonds. The molecule has 2 aromatic carbocycles. The molecule has 162 valence electrons. The Kier molecular flexibility index (Phi) is 6.85. The molecule has 3 aromatic rings. The summed E-state index contributed by atoms with van der Waals surface area (Å²) in [5, 5.41) is 14.0. The second kappa shape index (κ2) is 9.60. The molecule has 5 nitrogen and oxygen atoms in total. The lowest BCUT2D eigenvalue weighted by molar-refractivity contribution is -0.123. The van der Waals surface area contributed by atoms with E-state index in [0.717, 1.165) is 37.2 Å². The van der Waals surface area contributed by atoms with E-state index in [1.165, 1.54) is 4.80 Å². The molecular formula is C23H23Cl3N4O. The predicted octanol–water partition coefficient (Wildman–Crippen LogP) is 6.27. The van der Waals surface area contributed by atoms with Crippen LogP contribution in [0, 0.1) is 5.92 Å². The summed E-state index contributed by atoms with van der Waals surface area (Å²) in [6, 6.07) is 12.8. The van der Waals surface area contributed by atoms with Crippen LogP contribution in [0.2, 0.25) is 15.1 Å². The van der Waals surface area contributed by atoms with Crippen molar-refractivity contribution in [3.05, 3.63) is 57.5 Å². The molecule has 8 heteroatoms. The van der Waals surface area contributed by atoms with Gasteiger partial charge in [0.15, 0.2) is 0 Å². The molecule has 1 aromatic heterocycles. The van der Waals surface area contributed by atoms with Crippen molar-refractivity contribution in [2.45, 2.75) is 45.2 Å². The second-order valence-corrected chi connectivity index (χ2v) is 9.36. The van der Waals surface area contributed by atoms with Gasteiger partial charge in [0.2, 0.25) is 5.91 Å². The molecule has 1 fully saturated rings. The van der Waals surface area contributed by atoms with Gasteiger partial charge in [-0.25, -0.2) is 0 Å². The van der Waals surface area contributed by atoms with Gasteiger partial charge in [0, 0.05) is 27.2 Å². The van der Waals surface area contributed by atoms with Crippen molar-refractivity contribution < 1.29 is 4.79 Å². The molecule has 4 rings (SSSR count). The molecular weight excluding hydrogens is 455 g/mol. The SMILES string of the molecule is CC1CCC(NC(=O)Cn2nc(-c3ccc(Cl)cc3)c(-c3ccc(Cl)cc3Cl)n2)CC1. The van der Waals surface area contributed by atoms with Crippen LogP contribution in [0.3, 0.4) is 0 Å². The van der Waals surface area contributed by atoms with Crippen LogP contribution in [0.25, 0.3) is 22.5 Å². The number of aromatic nitrogens is 3. The van der Waals surface area contributed by atoms with Gasteiger partial charge >= 0.3 is 0 Å². The van der Waals surface area contributed by atoms with Gasteiger partial charge < -0.3 is 5.32 Å². The first-order valence-electron chi connectivity index (χ1n) is 10.3. The number of amides is 1. The Morgan fingerprint density at radius 1 is 0.968 bits per heavy atom. The van der Waals surface area contributed by atoms with E-state index in [2.05, 4.69) is 22.4 Å². The van der Waals surface area contributed by atoms with E-state index in [1.807, 2.05) is 18.2 Å². The van der Waals surface area contributed by atoms with Crippen LogP contribution >= 0.6 is 34.8 Å². The summed E-state index contributed by atoms with van der Waals surface area (Å²) in [7, 11) is 0. The maximum absolute atomic E-state index is 12.6. The average molecular weight is 478 g/mol. The lowest BCUT2D eigenvalue weighted by Crippen LogP contribution is -2.39. The van der Waals surface area contributed by atoms with Crippen LogP contribution in [-0.2, 0) is 11.3 Å². The lowest BCUT2D eigenvalue weighted by atomic mass is 9.87. The van der Waals surface area contributed by atoms with E-state index >= 15 is 0 Å². The van der Waals surface area contributed by atoms with E-state index in [-0.39, 0.29) is 18.5 Å².